The summed E-state index contributed by atoms with van der Waals surface area (Å²) in [6.45, 7) is 3.60. The van der Waals surface area contributed by atoms with Gasteiger partial charge in [0, 0.05) is 6.07 Å². The van der Waals surface area contributed by atoms with Gasteiger partial charge in [-0.25, -0.2) is 9.97 Å². The summed E-state index contributed by atoms with van der Waals surface area (Å²) >= 11 is 0. The molecule has 0 amide bonds. The average Bonchev–Trinajstić information content (AvgIpc) is 2.13. The largest absolute Gasteiger partial charge is 0.384 e. The fourth-order valence-corrected chi connectivity index (χ4v) is 0.820. The molecule has 1 rings (SSSR count). The van der Waals surface area contributed by atoms with Crippen LogP contribution in [0.2, 0.25) is 0 Å². The lowest BCUT2D eigenvalue weighted by atomic mass is 10.1. The van der Waals surface area contributed by atoms with Gasteiger partial charge in [-0.2, -0.15) is 0 Å². The number of nitrogens with zero attached hydrogens (tertiary/aromatic N) is 2. The lowest BCUT2D eigenvalue weighted by Crippen LogP contribution is -2.29. The maximum Gasteiger partial charge on any atom is 0.207 e. The molecule has 0 saturated carbocycles. The van der Waals surface area contributed by atoms with Crippen LogP contribution in [0.5, 0.6) is 0 Å². The first-order valence-corrected chi connectivity index (χ1v) is 4.34. The highest BCUT2D eigenvalue weighted by Crippen LogP contribution is 2.02. The summed E-state index contributed by atoms with van der Waals surface area (Å²) in [6.07, 6.45) is 5.17. The second-order valence-electron chi connectivity index (χ2n) is 3.62. The van der Waals surface area contributed by atoms with E-state index in [0.717, 1.165) is 0 Å². The van der Waals surface area contributed by atoms with Crippen LogP contribution in [0, 0.1) is 24.2 Å². The van der Waals surface area contributed by atoms with Crippen LogP contribution in [0.1, 0.15) is 25.4 Å². The molecule has 0 aliphatic carbocycles. The topological polar surface area (TPSA) is 77.8 Å². The Balaban J connectivity index is 3.11. The van der Waals surface area contributed by atoms with Crippen molar-refractivity contribution in [3.8, 4) is 24.2 Å². The summed E-state index contributed by atoms with van der Waals surface area (Å²) in [6, 6.07) is 1.56. The standard InChI is InChI=1S/C11H12N4/c1-4-10-14-8(7-9(12)15-10)5-6-11(2,3)13/h1,7H,13H2,2-3H3,(H2,12,14,15). The summed E-state index contributed by atoms with van der Waals surface area (Å²) in [5.41, 5.74) is 11.1. The summed E-state index contributed by atoms with van der Waals surface area (Å²) < 4.78 is 0. The fraction of sp³-hybridized carbons (Fsp3) is 0.273. The molecule has 0 atom stereocenters. The predicted octanol–water partition coefficient (Wildman–Crippen LogP) is 0.129. The normalized spacial score (nSPS) is 10.0. The van der Waals surface area contributed by atoms with E-state index in [1.165, 1.54) is 0 Å². The Morgan fingerprint density at radius 2 is 2.07 bits per heavy atom. The molecule has 15 heavy (non-hydrogen) atoms. The van der Waals surface area contributed by atoms with Crippen molar-refractivity contribution >= 4 is 5.82 Å². The van der Waals surface area contributed by atoms with Gasteiger partial charge >= 0.3 is 0 Å². The third kappa shape index (κ3) is 3.68. The molecule has 0 aromatic carbocycles. The zero-order valence-electron chi connectivity index (χ0n) is 8.70. The first kappa shape index (κ1) is 11.0. The van der Waals surface area contributed by atoms with Gasteiger partial charge < -0.3 is 11.5 Å². The summed E-state index contributed by atoms with van der Waals surface area (Å²) in [5, 5.41) is 0. The van der Waals surface area contributed by atoms with Crippen molar-refractivity contribution in [2.24, 2.45) is 5.73 Å². The molecule has 0 unspecified atom stereocenters. The van der Waals surface area contributed by atoms with Crippen LogP contribution in [-0.4, -0.2) is 15.5 Å². The fourth-order valence-electron chi connectivity index (χ4n) is 0.820. The summed E-state index contributed by atoms with van der Waals surface area (Å²) in [7, 11) is 0. The molecule has 4 nitrogen and oxygen atoms in total. The van der Waals surface area contributed by atoms with Crippen LogP contribution < -0.4 is 11.5 Å². The van der Waals surface area contributed by atoms with Crippen LogP contribution in [-0.2, 0) is 0 Å². The number of hydrogen-bond donors (Lipinski definition) is 2. The molecule has 0 fully saturated rings. The number of rotatable bonds is 0. The maximum absolute atomic E-state index is 5.70. The number of nitrogens with two attached hydrogens (primary N) is 2. The number of hydrogen-bond acceptors (Lipinski definition) is 4. The summed E-state index contributed by atoms with van der Waals surface area (Å²) in [5.74, 6) is 8.47. The molecular weight excluding hydrogens is 188 g/mol. The number of anilines is 1. The Bertz CT molecular complexity index is 466. The number of aromatic nitrogens is 2. The molecule has 1 aromatic heterocycles. The molecule has 0 aliphatic rings. The Kier molecular flexibility index (Phi) is 2.94. The molecule has 0 saturated heterocycles. The van der Waals surface area contributed by atoms with Crippen molar-refractivity contribution in [2.45, 2.75) is 19.4 Å². The van der Waals surface area contributed by atoms with Crippen molar-refractivity contribution in [3.05, 3.63) is 17.6 Å². The van der Waals surface area contributed by atoms with E-state index in [4.69, 9.17) is 17.9 Å². The van der Waals surface area contributed by atoms with Crippen LogP contribution in [0.3, 0.4) is 0 Å². The second-order valence-corrected chi connectivity index (χ2v) is 3.62. The minimum Gasteiger partial charge on any atom is -0.384 e. The molecule has 0 radical (unpaired) electrons. The van der Waals surface area contributed by atoms with E-state index in [-0.39, 0.29) is 5.82 Å². The third-order valence-corrected chi connectivity index (χ3v) is 1.39. The Morgan fingerprint density at radius 1 is 1.40 bits per heavy atom. The highest BCUT2D eigenvalue weighted by Gasteiger charge is 2.04. The highest BCUT2D eigenvalue weighted by atomic mass is 14.9. The van der Waals surface area contributed by atoms with E-state index < -0.39 is 5.54 Å². The minimum atomic E-state index is -0.573. The molecule has 1 aromatic rings. The third-order valence-electron chi connectivity index (χ3n) is 1.39. The average molecular weight is 200 g/mol. The van der Waals surface area contributed by atoms with Crippen molar-refractivity contribution in [1.82, 2.24) is 9.97 Å². The van der Waals surface area contributed by atoms with Crippen molar-refractivity contribution < 1.29 is 0 Å². The zero-order valence-corrected chi connectivity index (χ0v) is 8.70. The molecule has 0 bridgehead atoms. The second kappa shape index (κ2) is 4.00. The van der Waals surface area contributed by atoms with Gasteiger partial charge in [0.25, 0.3) is 0 Å². The molecule has 4 heteroatoms. The Labute approximate surface area is 89.1 Å². The van der Waals surface area contributed by atoms with Crippen LogP contribution >= 0.6 is 0 Å². The number of terminal acetylenes is 1. The van der Waals surface area contributed by atoms with Gasteiger partial charge in [0.15, 0.2) is 0 Å². The van der Waals surface area contributed by atoms with Crippen LogP contribution in [0.25, 0.3) is 0 Å². The quantitative estimate of drug-likeness (QED) is 0.583. The molecular formula is C11H12N4. The van der Waals surface area contributed by atoms with E-state index in [0.29, 0.717) is 11.5 Å². The SMILES string of the molecule is C#Cc1nc(N)cc(C#CC(C)(C)N)n1. The van der Waals surface area contributed by atoms with Gasteiger partial charge in [-0.1, -0.05) is 5.92 Å². The van der Waals surface area contributed by atoms with Crippen molar-refractivity contribution in [2.75, 3.05) is 5.73 Å². The minimum absolute atomic E-state index is 0.231. The lowest BCUT2D eigenvalue weighted by Gasteiger charge is -2.07. The Morgan fingerprint density at radius 3 is 2.60 bits per heavy atom. The van der Waals surface area contributed by atoms with Gasteiger partial charge in [-0.05, 0) is 25.7 Å². The first-order valence-electron chi connectivity index (χ1n) is 4.34. The van der Waals surface area contributed by atoms with Crippen molar-refractivity contribution in [1.29, 1.82) is 0 Å². The zero-order chi connectivity index (χ0) is 11.5. The van der Waals surface area contributed by atoms with E-state index in [1.807, 2.05) is 0 Å². The van der Waals surface area contributed by atoms with Gasteiger partial charge in [-0.3, -0.25) is 0 Å². The van der Waals surface area contributed by atoms with Gasteiger partial charge in [0.1, 0.15) is 11.5 Å². The molecule has 4 N–H and O–H groups in total. The first-order chi connectivity index (χ1) is 6.90. The predicted molar refractivity (Wildman–Crippen MR) is 59.5 cm³/mol. The molecule has 1 heterocycles. The monoisotopic (exact) mass is 200 g/mol. The number of nitrogen functional groups attached to an aromatic ring is 1. The van der Waals surface area contributed by atoms with E-state index in [1.54, 1.807) is 19.9 Å². The van der Waals surface area contributed by atoms with Gasteiger partial charge in [0.05, 0.1) is 5.54 Å². The van der Waals surface area contributed by atoms with E-state index >= 15 is 0 Å². The van der Waals surface area contributed by atoms with Gasteiger partial charge in [-0.15, -0.1) is 6.42 Å². The summed E-state index contributed by atoms with van der Waals surface area (Å²) in [4.78, 5) is 7.83. The highest BCUT2D eigenvalue weighted by molar-refractivity contribution is 5.41. The molecule has 76 valence electrons. The Hall–Kier alpha value is -2.04. The molecule has 0 aliphatic heterocycles. The van der Waals surface area contributed by atoms with Crippen LogP contribution in [0.15, 0.2) is 6.07 Å². The van der Waals surface area contributed by atoms with Gasteiger partial charge in [0.2, 0.25) is 5.82 Å². The lowest BCUT2D eigenvalue weighted by molar-refractivity contribution is 0.680. The van der Waals surface area contributed by atoms with Crippen molar-refractivity contribution in [3.63, 3.8) is 0 Å². The molecule has 0 spiro atoms. The smallest absolute Gasteiger partial charge is 0.207 e. The maximum atomic E-state index is 5.70. The van der Waals surface area contributed by atoms with E-state index in [9.17, 15) is 0 Å². The van der Waals surface area contributed by atoms with Crippen LogP contribution in [0.4, 0.5) is 5.82 Å². The van der Waals surface area contributed by atoms with E-state index in [2.05, 4.69) is 27.7 Å².